The quantitative estimate of drug-likeness (QED) is 0.451. The van der Waals surface area contributed by atoms with Crippen molar-refractivity contribution in [1.82, 2.24) is 0 Å². The molecule has 2 rings (SSSR count). The molecule has 2 aliphatic carbocycles. The molecule has 2 saturated carbocycles. The molecule has 3 nitrogen and oxygen atoms in total. The predicted octanol–water partition coefficient (Wildman–Crippen LogP) is 1.90. The Morgan fingerprint density at radius 1 is 1.62 bits per heavy atom. The number of carbonyl (C=O) groups is 1. The molecule has 0 spiro atoms. The first-order chi connectivity index (χ1) is 7.50. The van der Waals surface area contributed by atoms with Gasteiger partial charge in [-0.05, 0) is 24.7 Å². The third-order valence-corrected chi connectivity index (χ3v) is 4.77. The molecule has 2 aliphatic rings. The van der Waals surface area contributed by atoms with Crippen LogP contribution in [0.25, 0.3) is 0 Å². The highest BCUT2D eigenvalue weighted by atomic mass is 16.6. The van der Waals surface area contributed by atoms with Gasteiger partial charge in [-0.1, -0.05) is 19.1 Å². The molecule has 0 aromatic heterocycles. The molecule has 2 fully saturated rings. The Labute approximate surface area is 96.5 Å². The van der Waals surface area contributed by atoms with Crippen LogP contribution < -0.4 is 0 Å². The molecule has 4 unspecified atom stereocenters. The normalized spacial score (nSPS) is 46.3. The number of aliphatic hydroxyl groups is 1. The fourth-order valence-corrected chi connectivity index (χ4v) is 3.79. The van der Waals surface area contributed by atoms with Crippen molar-refractivity contribution in [1.29, 1.82) is 0 Å². The highest BCUT2D eigenvalue weighted by Gasteiger charge is 2.65. The number of hydrogen-bond acceptors (Lipinski definition) is 3. The Morgan fingerprint density at radius 2 is 2.31 bits per heavy atom. The lowest BCUT2D eigenvalue weighted by Crippen LogP contribution is -2.39. The molecule has 0 aromatic carbocycles. The van der Waals surface area contributed by atoms with Gasteiger partial charge in [0.2, 0.25) is 0 Å². The van der Waals surface area contributed by atoms with Gasteiger partial charge in [0.25, 0.3) is 0 Å². The molecule has 0 heterocycles. The van der Waals surface area contributed by atoms with Crippen molar-refractivity contribution < 1.29 is 14.6 Å². The van der Waals surface area contributed by atoms with Crippen LogP contribution in [0.15, 0.2) is 12.2 Å². The van der Waals surface area contributed by atoms with Crippen molar-refractivity contribution in [2.45, 2.75) is 38.4 Å². The van der Waals surface area contributed by atoms with Crippen LogP contribution in [0.1, 0.15) is 32.6 Å². The van der Waals surface area contributed by atoms with Crippen molar-refractivity contribution in [3.63, 3.8) is 0 Å². The van der Waals surface area contributed by atoms with Gasteiger partial charge in [-0.3, -0.25) is 0 Å². The SMILES string of the molecule is C=C1C2CCC(C1(C)CCC=O)C2(O)OC. The first-order valence-electron chi connectivity index (χ1n) is 5.91. The summed E-state index contributed by atoms with van der Waals surface area (Å²) in [7, 11) is 1.56. The number of methoxy groups -OCH3 is 1. The van der Waals surface area contributed by atoms with Gasteiger partial charge < -0.3 is 14.6 Å². The summed E-state index contributed by atoms with van der Waals surface area (Å²) in [6.45, 7) is 6.23. The molecule has 0 saturated heterocycles. The summed E-state index contributed by atoms with van der Waals surface area (Å²) in [5, 5.41) is 10.5. The second kappa shape index (κ2) is 3.67. The minimum atomic E-state index is -1.05. The summed E-state index contributed by atoms with van der Waals surface area (Å²) < 4.78 is 5.34. The largest absolute Gasteiger partial charge is 0.365 e. The van der Waals surface area contributed by atoms with E-state index < -0.39 is 5.79 Å². The molecular weight excluding hydrogens is 204 g/mol. The summed E-state index contributed by atoms with van der Waals surface area (Å²) in [4.78, 5) is 10.5. The minimum Gasteiger partial charge on any atom is -0.365 e. The number of fused-ring (bicyclic) bond motifs is 2. The third kappa shape index (κ3) is 1.25. The summed E-state index contributed by atoms with van der Waals surface area (Å²) in [5.74, 6) is -0.920. The summed E-state index contributed by atoms with van der Waals surface area (Å²) in [6.07, 6.45) is 4.14. The zero-order valence-corrected chi connectivity index (χ0v) is 10.0. The van der Waals surface area contributed by atoms with Crippen LogP contribution in [0, 0.1) is 17.3 Å². The van der Waals surface area contributed by atoms with Crippen LogP contribution in [0.2, 0.25) is 0 Å². The van der Waals surface area contributed by atoms with Gasteiger partial charge in [0.1, 0.15) is 6.29 Å². The van der Waals surface area contributed by atoms with E-state index in [1.54, 1.807) is 7.11 Å². The van der Waals surface area contributed by atoms with Crippen molar-refractivity contribution in [3.05, 3.63) is 12.2 Å². The molecule has 1 N–H and O–H groups in total. The Morgan fingerprint density at radius 3 is 2.81 bits per heavy atom. The Bertz CT molecular complexity index is 325. The predicted molar refractivity (Wildman–Crippen MR) is 60.7 cm³/mol. The number of aldehydes is 1. The maximum Gasteiger partial charge on any atom is 0.175 e. The Hall–Kier alpha value is -0.670. The van der Waals surface area contributed by atoms with Crippen LogP contribution in [0.3, 0.4) is 0 Å². The van der Waals surface area contributed by atoms with Crippen LogP contribution in [-0.2, 0) is 9.53 Å². The molecule has 4 atom stereocenters. The smallest absolute Gasteiger partial charge is 0.175 e. The second-order valence-corrected chi connectivity index (χ2v) is 5.29. The van der Waals surface area contributed by atoms with E-state index in [4.69, 9.17) is 4.74 Å². The minimum absolute atomic E-state index is 0.0409. The Balaban J connectivity index is 2.30. The van der Waals surface area contributed by atoms with Gasteiger partial charge in [0.05, 0.1) is 0 Å². The molecule has 0 aromatic rings. The number of carbonyl (C=O) groups excluding carboxylic acids is 1. The van der Waals surface area contributed by atoms with Crippen LogP contribution in [0.5, 0.6) is 0 Å². The third-order valence-electron chi connectivity index (χ3n) is 4.77. The van der Waals surface area contributed by atoms with Crippen molar-refractivity contribution in [2.75, 3.05) is 7.11 Å². The van der Waals surface area contributed by atoms with Crippen LogP contribution in [-0.4, -0.2) is 24.3 Å². The highest BCUT2D eigenvalue weighted by Crippen LogP contribution is 2.65. The lowest BCUT2D eigenvalue weighted by molar-refractivity contribution is -0.221. The molecule has 2 bridgehead atoms. The standard InChI is InChI=1S/C13H20O3/c1-9-10-5-6-11(13(10,15)16-3)12(9,2)7-4-8-14/h8,10-11,15H,1,4-7H2,2-3H3. The van der Waals surface area contributed by atoms with E-state index in [1.165, 1.54) is 0 Å². The van der Waals surface area contributed by atoms with Crippen molar-refractivity contribution in [2.24, 2.45) is 17.3 Å². The summed E-state index contributed by atoms with van der Waals surface area (Å²) in [6, 6.07) is 0. The highest BCUT2D eigenvalue weighted by molar-refractivity contribution is 5.50. The van der Waals surface area contributed by atoms with E-state index in [-0.39, 0.29) is 17.3 Å². The van der Waals surface area contributed by atoms with Crippen LogP contribution >= 0.6 is 0 Å². The number of rotatable bonds is 4. The maximum atomic E-state index is 10.5. The first-order valence-corrected chi connectivity index (χ1v) is 5.91. The van der Waals surface area contributed by atoms with Crippen molar-refractivity contribution in [3.8, 4) is 0 Å². The van der Waals surface area contributed by atoms with E-state index in [9.17, 15) is 9.90 Å². The fourth-order valence-electron chi connectivity index (χ4n) is 3.79. The number of hydrogen-bond donors (Lipinski definition) is 1. The molecule has 0 aliphatic heterocycles. The molecule has 16 heavy (non-hydrogen) atoms. The number of ether oxygens (including phenoxy) is 1. The average Bonchev–Trinajstić information content (AvgIpc) is 2.69. The van der Waals surface area contributed by atoms with E-state index in [1.807, 2.05) is 0 Å². The van der Waals surface area contributed by atoms with Gasteiger partial charge in [-0.15, -0.1) is 0 Å². The van der Waals surface area contributed by atoms with Gasteiger partial charge in [0, 0.05) is 25.4 Å². The van der Waals surface area contributed by atoms with Crippen molar-refractivity contribution >= 4 is 6.29 Å². The summed E-state index contributed by atoms with van der Waals surface area (Å²) in [5.41, 5.74) is 0.921. The van der Waals surface area contributed by atoms with Gasteiger partial charge in [0.15, 0.2) is 5.79 Å². The first kappa shape index (κ1) is 11.8. The lowest BCUT2D eigenvalue weighted by atomic mass is 9.69. The van der Waals surface area contributed by atoms with Gasteiger partial charge in [-0.2, -0.15) is 0 Å². The fraction of sp³-hybridized carbons (Fsp3) is 0.769. The van der Waals surface area contributed by atoms with E-state index in [0.29, 0.717) is 6.42 Å². The molecule has 0 amide bonds. The van der Waals surface area contributed by atoms with Gasteiger partial charge >= 0.3 is 0 Å². The second-order valence-electron chi connectivity index (χ2n) is 5.29. The topological polar surface area (TPSA) is 46.5 Å². The average molecular weight is 224 g/mol. The van der Waals surface area contributed by atoms with E-state index >= 15 is 0 Å². The zero-order valence-electron chi connectivity index (χ0n) is 10.0. The Kier molecular flexibility index (Phi) is 2.71. The molecular formula is C13H20O3. The monoisotopic (exact) mass is 224 g/mol. The van der Waals surface area contributed by atoms with Gasteiger partial charge in [-0.25, -0.2) is 0 Å². The summed E-state index contributed by atoms with van der Waals surface area (Å²) >= 11 is 0. The zero-order chi connectivity index (χ0) is 12.0. The molecule has 3 heteroatoms. The molecule has 0 radical (unpaired) electrons. The van der Waals surface area contributed by atoms with Crippen LogP contribution in [0.4, 0.5) is 0 Å². The van der Waals surface area contributed by atoms with E-state index in [2.05, 4.69) is 13.5 Å². The lowest BCUT2D eigenvalue weighted by Gasteiger charge is -2.36. The molecule has 90 valence electrons. The van der Waals surface area contributed by atoms with E-state index in [0.717, 1.165) is 31.1 Å². The maximum absolute atomic E-state index is 10.5.